The molecule has 21 heavy (non-hydrogen) atoms. The van der Waals surface area contributed by atoms with Crippen LogP contribution in [0.2, 0.25) is 0 Å². The number of amides is 1. The lowest BCUT2D eigenvalue weighted by molar-refractivity contribution is 0.0680. The number of nitrogens with zero attached hydrogens (tertiary/aromatic N) is 1. The molecule has 8 heteroatoms. The predicted molar refractivity (Wildman–Crippen MR) is 73.7 cm³/mol. The van der Waals surface area contributed by atoms with Gasteiger partial charge in [-0.2, -0.15) is 0 Å². The number of hydrogen-bond acceptors (Lipinski definition) is 4. The Labute approximate surface area is 122 Å². The Morgan fingerprint density at radius 1 is 1.48 bits per heavy atom. The van der Waals surface area contributed by atoms with Gasteiger partial charge in [-0.25, -0.2) is 17.9 Å². The Kier molecular flexibility index (Phi) is 4.60. The largest absolute Gasteiger partial charge is 0.383 e. The van der Waals surface area contributed by atoms with E-state index in [0.717, 1.165) is 25.0 Å². The Hall–Kier alpha value is -1.51. The highest BCUT2D eigenvalue weighted by Gasteiger charge is 2.33. The molecule has 0 unspecified atom stereocenters. The normalized spacial score (nSPS) is 15.0. The van der Waals surface area contributed by atoms with E-state index < -0.39 is 20.7 Å². The molecule has 2 rings (SSSR count). The second kappa shape index (κ2) is 6.08. The summed E-state index contributed by atoms with van der Waals surface area (Å²) in [5, 5.41) is 4.94. The van der Waals surface area contributed by atoms with E-state index in [-0.39, 0.29) is 17.5 Å². The molecule has 0 heterocycles. The average Bonchev–Trinajstić information content (AvgIpc) is 3.22. The van der Waals surface area contributed by atoms with Crippen molar-refractivity contribution in [1.29, 1.82) is 0 Å². The molecule has 0 spiro atoms. The number of sulfonamides is 1. The first kappa shape index (κ1) is 15.9. The van der Waals surface area contributed by atoms with Crippen molar-refractivity contribution in [2.75, 3.05) is 20.3 Å². The third-order valence-corrected chi connectivity index (χ3v) is 4.20. The molecule has 0 aromatic heterocycles. The van der Waals surface area contributed by atoms with Crippen molar-refractivity contribution < 1.29 is 22.3 Å². The predicted octanol–water partition coefficient (Wildman–Crippen LogP) is 0.724. The molecule has 116 valence electrons. The van der Waals surface area contributed by atoms with Crippen LogP contribution in [0.4, 0.5) is 4.39 Å². The van der Waals surface area contributed by atoms with Crippen LogP contribution < -0.4 is 5.14 Å². The van der Waals surface area contributed by atoms with Crippen LogP contribution in [0.25, 0.3) is 0 Å². The SMILES string of the molecule is COCCN(C(=O)c1ccc(F)c(S(N)(=O)=O)c1)C1CC1. The number of carbonyl (C=O) groups excluding carboxylic acids is 1. The molecule has 1 saturated carbocycles. The van der Waals surface area contributed by atoms with Crippen molar-refractivity contribution in [3.63, 3.8) is 0 Å². The first-order chi connectivity index (χ1) is 9.84. The standard InChI is InChI=1S/C13H17FN2O4S/c1-20-7-6-16(10-3-4-10)13(17)9-2-5-11(14)12(8-9)21(15,18)19/h2,5,8,10H,3-4,6-7H2,1H3,(H2,15,18,19). The molecule has 6 nitrogen and oxygen atoms in total. The highest BCUT2D eigenvalue weighted by Crippen LogP contribution is 2.28. The minimum Gasteiger partial charge on any atom is -0.383 e. The molecule has 2 N–H and O–H groups in total. The fraction of sp³-hybridized carbons (Fsp3) is 0.462. The summed E-state index contributed by atoms with van der Waals surface area (Å²) >= 11 is 0. The van der Waals surface area contributed by atoms with Crippen molar-refractivity contribution in [3.05, 3.63) is 29.6 Å². The molecule has 1 aliphatic rings. The summed E-state index contributed by atoms with van der Waals surface area (Å²) in [5.41, 5.74) is 0.100. The van der Waals surface area contributed by atoms with E-state index >= 15 is 0 Å². The summed E-state index contributed by atoms with van der Waals surface area (Å²) in [6.45, 7) is 0.785. The molecule has 0 saturated heterocycles. The Balaban J connectivity index is 2.29. The molecule has 0 aliphatic heterocycles. The lowest BCUT2D eigenvalue weighted by Crippen LogP contribution is -2.36. The summed E-state index contributed by atoms with van der Waals surface area (Å²) < 4.78 is 41.1. The van der Waals surface area contributed by atoms with Crippen LogP contribution in [0.15, 0.2) is 23.1 Å². The maximum atomic E-state index is 13.5. The van der Waals surface area contributed by atoms with Crippen LogP contribution in [0.3, 0.4) is 0 Å². The summed E-state index contributed by atoms with van der Waals surface area (Å²) in [5.74, 6) is -1.32. The second-order valence-corrected chi connectivity index (χ2v) is 6.44. The lowest BCUT2D eigenvalue weighted by atomic mass is 10.2. The maximum Gasteiger partial charge on any atom is 0.254 e. The summed E-state index contributed by atoms with van der Waals surface area (Å²) in [6.07, 6.45) is 1.80. The number of nitrogens with two attached hydrogens (primary N) is 1. The van der Waals surface area contributed by atoms with Crippen LogP contribution in [-0.2, 0) is 14.8 Å². The molecule has 1 amide bonds. The quantitative estimate of drug-likeness (QED) is 0.837. The summed E-state index contributed by atoms with van der Waals surface area (Å²) in [4.78, 5) is 13.4. The number of ether oxygens (including phenoxy) is 1. The molecule has 0 bridgehead atoms. The molecule has 1 aromatic rings. The first-order valence-electron chi connectivity index (χ1n) is 6.47. The monoisotopic (exact) mass is 316 g/mol. The molecule has 1 aromatic carbocycles. The molecule has 1 aliphatic carbocycles. The minimum absolute atomic E-state index is 0.100. The van der Waals surface area contributed by atoms with Gasteiger partial charge in [-0.05, 0) is 31.0 Å². The second-order valence-electron chi connectivity index (χ2n) is 4.91. The first-order valence-corrected chi connectivity index (χ1v) is 8.01. The number of carbonyl (C=O) groups is 1. The fourth-order valence-corrected chi connectivity index (χ4v) is 2.68. The number of hydrogen-bond donors (Lipinski definition) is 1. The van der Waals surface area contributed by atoms with Crippen molar-refractivity contribution >= 4 is 15.9 Å². The van der Waals surface area contributed by atoms with E-state index in [1.54, 1.807) is 4.90 Å². The van der Waals surface area contributed by atoms with E-state index in [1.165, 1.54) is 13.2 Å². The van der Waals surface area contributed by atoms with Crippen LogP contribution in [0, 0.1) is 5.82 Å². The van der Waals surface area contributed by atoms with Crippen LogP contribution in [0.5, 0.6) is 0 Å². The van der Waals surface area contributed by atoms with Crippen molar-refractivity contribution in [3.8, 4) is 0 Å². The minimum atomic E-state index is -4.21. The molecular formula is C13H17FN2O4S. The van der Waals surface area contributed by atoms with Gasteiger partial charge in [0.25, 0.3) is 5.91 Å². The van der Waals surface area contributed by atoms with Gasteiger partial charge < -0.3 is 9.64 Å². The van der Waals surface area contributed by atoms with Crippen LogP contribution >= 0.6 is 0 Å². The topological polar surface area (TPSA) is 89.7 Å². The Bertz CT molecular complexity index is 644. The van der Waals surface area contributed by atoms with E-state index in [9.17, 15) is 17.6 Å². The van der Waals surface area contributed by atoms with Gasteiger partial charge in [0.05, 0.1) is 6.61 Å². The van der Waals surface area contributed by atoms with E-state index in [0.29, 0.717) is 13.2 Å². The van der Waals surface area contributed by atoms with Gasteiger partial charge in [-0.1, -0.05) is 0 Å². The van der Waals surface area contributed by atoms with Crippen molar-refractivity contribution in [1.82, 2.24) is 4.90 Å². The van der Waals surface area contributed by atoms with Gasteiger partial charge in [0, 0.05) is 25.3 Å². The third kappa shape index (κ3) is 3.78. The van der Waals surface area contributed by atoms with Crippen LogP contribution in [0.1, 0.15) is 23.2 Å². The van der Waals surface area contributed by atoms with Gasteiger partial charge in [-0.3, -0.25) is 4.79 Å². The molecule has 1 fully saturated rings. The van der Waals surface area contributed by atoms with Gasteiger partial charge in [0.2, 0.25) is 10.0 Å². The number of primary sulfonamides is 1. The van der Waals surface area contributed by atoms with Crippen molar-refractivity contribution in [2.24, 2.45) is 5.14 Å². The number of methoxy groups -OCH3 is 1. The van der Waals surface area contributed by atoms with Crippen molar-refractivity contribution in [2.45, 2.75) is 23.8 Å². The average molecular weight is 316 g/mol. The lowest BCUT2D eigenvalue weighted by Gasteiger charge is -2.22. The summed E-state index contributed by atoms with van der Waals surface area (Å²) in [6, 6.07) is 3.31. The van der Waals surface area contributed by atoms with E-state index in [4.69, 9.17) is 9.88 Å². The Morgan fingerprint density at radius 3 is 2.67 bits per heavy atom. The van der Waals surface area contributed by atoms with Gasteiger partial charge in [0.15, 0.2) is 0 Å². The summed E-state index contributed by atoms with van der Waals surface area (Å²) in [7, 11) is -2.67. The maximum absolute atomic E-state index is 13.5. The third-order valence-electron chi connectivity index (χ3n) is 3.27. The zero-order valence-electron chi connectivity index (χ0n) is 11.6. The van der Waals surface area contributed by atoms with Gasteiger partial charge >= 0.3 is 0 Å². The van der Waals surface area contributed by atoms with Crippen LogP contribution in [-0.4, -0.2) is 45.5 Å². The molecular weight excluding hydrogens is 299 g/mol. The van der Waals surface area contributed by atoms with E-state index in [1.807, 2.05) is 0 Å². The highest BCUT2D eigenvalue weighted by atomic mass is 32.2. The molecule has 0 atom stereocenters. The highest BCUT2D eigenvalue weighted by molar-refractivity contribution is 7.89. The van der Waals surface area contributed by atoms with Gasteiger partial charge in [0.1, 0.15) is 10.7 Å². The van der Waals surface area contributed by atoms with E-state index in [2.05, 4.69) is 0 Å². The fourth-order valence-electron chi connectivity index (χ4n) is 2.05. The molecule has 0 radical (unpaired) electrons. The number of benzene rings is 1. The number of rotatable bonds is 6. The smallest absolute Gasteiger partial charge is 0.254 e. The Morgan fingerprint density at radius 2 is 2.14 bits per heavy atom. The zero-order valence-corrected chi connectivity index (χ0v) is 12.4. The number of halogens is 1. The van der Waals surface area contributed by atoms with Gasteiger partial charge in [-0.15, -0.1) is 0 Å². The zero-order chi connectivity index (χ0) is 15.6.